The Hall–Kier alpha value is -0.930. The van der Waals surface area contributed by atoms with Crippen LogP contribution in [0.25, 0.3) is 0 Å². The number of hydrogen-bond donors (Lipinski definition) is 1. The monoisotopic (exact) mass is 222 g/mol. The van der Waals surface area contributed by atoms with Gasteiger partial charge in [0.2, 0.25) is 0 Å². The van der Waals surface area contributed by atoms with Crippen molar-refractivity contribution in [3.63, 3.8) is 0 Å². The maximum atomic E-state index is 5.40. The number of rotatable bonds is 9. The van der Waals surface area contributed by atoms with Gasteiger partial charge in [0, 0.05) is 38.1 Å². The summed E-state index contributed by atoms with van der Waals surface area (Å²) in [5.74, 6) is 0. The fourth-order valence-corrected chi connectivity index (χ4v) is 1.43. The smallest absolute Gasteiger partial charge is 0.0478 e. The Kier molecular flexibility index (Phi) is 7.64. The summed E-state index contributed by atoms with van der Waals surface area (Å²) < 4.78 is 5.40. The van der Waals surface area contributed by atoms with Crippen molar-refractivity contribution in [1.29, 1.82) is 0 Å². The van der Waals surface area contributed by atoms with Gasteiger partial charge in [0.15, 0.2) is 0 Å². The first kappa shape index (κ1) is 13.1. The summed E-state index contributed by atoms with van der Waals surface area (Å²) in [6.07, 6.45) is 5.03. The normalized spacial score (nSPS) is 10.6. The van der Waals surface area contributed by atoms with E-state index in [1.54, 1.807) is 0 Å². The van der Waals surface area contributed by atoms with Crippen molar-refractivity contribution in [1.82, 2.24) is 10.3 Å². The van der Waals surface area contributed by atoms with Gasteiger partial charge >= 0.3 is 0 Å². The number of nitrogens with zero attached hydrogens (tertiary/aromatic N) is 1. The third kappa shape index (κ3) is 6.53. The molecule has 0 atom stereocenters. The highest BCUT2D eigenvalue weighted by molar-refractivity contribution is 5.03. The highest BCUT2D eigenvalue weighted by atomic mass is 16.5. The minimum atomic E-state index is 0.866. The van der Waals surface area contributed by atoms with Crippen LogP contribution >= 0.6 is 0 Å². The van der Waals surface area contributed by atoms with Crippen LogP contribution in [-0.4, -0.2) is 31.3 Å². The number of nitrogens with one attached hydrogen (secondary N) is 1. The third-order valence-corrected chi connectivity index (χ3v) is 2.27. The van der Waals surface area contributed by atoms with Gasteiger partial charge in [0.1, 0.15) is 0 Å². The van der Waals surface area contributed by atoms with Crippen LogP contribution in [0.15, 0.2) is 24.4 Å². The Bertz CT molecular complexity index is 251. The Morgan fingerprint density at radius 2 is 2.19 bits per heavy atom. The van der Waals surface area contributed by atoms with Crippen LogP contribution < -0.4 is 5.32 Å². The quantitative estimate of drug-likeness (QED) is 0.649. The second-order valence-electron chi connectivity index (χ2n) is 3.79. The van der Waals surface area contributed by atoms with Gasteiger partial charge in [-0.15, -0.1) is 0 Å². The zero-order chi connectivity index (χ0) is 11.5. The molecule has 0 saturated carbocycles. The van der Waals surface area contributed by atoms with Crippen molar-refractivity contribution >= 4 is 0 Å². The summed E-state index contributed by atoms with van der Waals surface area (Å²) in [4.78, 5) is 4.27. The van der Waals surface area contributed by atoms with E-state index in [1.165, 1.54) is 0 Å². The van der Waals surface area contributed by atoms with E-state index < -0.39 is 0 Å². The second kappa shape index (κ2) is 9.31. The number of aromatic nitrogens is 1. The number of hydrogen-bond acceptors (Lipinski definition) is 3. The van der Waals surface area contributed by atoms with Crippen LogP contribution in [0.3, 0.4) is 0 Å². The first-order valence-corrected chi connectivity index (χ1v) is 6.12. The molecule has 1 aromatic heterocycles. The van der Waals surface area contributed by atoms with Gasteiger partial charge in [0.05, 0.1) is 0 Å². The van der Waals surface area contributed by atoms with Crippen molar-refractivity contribution in [2.24, 2.45) is 0 Å². The van der Waals surface area contributed by atoms with E-state index in [-0.39, 0.29) is 0 Å². The Labute approximate surface area is 98.2 Å². The van der Waals surface area contributed by atoms with Crippen molar-refractivity contribution in [3.05, 3.63) is 30.1 Å². The molecule has 1 N–H and O–H groups in total. The van der Waals surface area contributed by atoms with Gasteiger partial charge in [-0.25, -0.2) is 0 Å². The molecule has 90 valence electrons. The molecule has 0 bridgehead atoms. The standard InChI is InChI=1S/C13H22N2O/c1-2-11-16-12-5-8-14-10-7-13-6-3-4-9-15-13/h3-4,6,9,14H,2,5,7-8,10-12H2,1H3. The van der Waals surface area contributed by atoms with Gasteiger partial charge in [-0.1, -0.05) is 13.0 Å². The summed E-state index contributed by atoms with van der Waals surface area (Å²) in [7, 11) is 0. The Balaban J connectivity index is 1.89. The molecule has 0 aliphatic carbocycles. The number of pyridine rings is 1. The molecule has 1 rings (SSSR count). The van der Waals surface area contributed by atoms with E-state index >= 15 is 0 Å². The lowest BCUT2D eigenvalue weighted by Crippen LogP contribution is -2.20. The predicted octanol–water partition coefficient (Wildman–Crippen LogP) is 2.03. The molecular weight excluding hydrogens is 200 g/mol. The molecule has 16 heavy (non-hydrogen) atoms. The Morgan fingerprint density at radius 1 is 1.25 bits per heavy atom. The fraction of sp³-hybridized carbons (Fsp3) is 0.615. The summed E-state index contributed by atoms with van der Waals surface area (Å²) in [5, 5.41) is 3.39. The molecule has 3 heteroatoms. The average molecular weight is 222 g/mol. The van der Waals surface area contributed by atoms with Crippen LogP contribution in [0.2, 0.25) is 0 Å². The number of ether oxygens (including phenoxy) is 1. The van der Waals surface area contributed by atoms with Crippen LogP contribution in [0.4, 0.5) is 0 Å². The lowest BCUT2D eigenvalue weighted by molar-refractivity contribution is 0.132. The topological polar surface area (TPSA) is 34.1 Å². The van der Waals surface area contributed by atoms with Gasteiger partial charge < -0.3 is 10.1 Å². The second-order valence-corrected chi connectivity index (χ2v) is 3.79. The molecule has 3 nitrogen and oxygen atoms in total. The Morgan fingerprint density at radius 3 is 2.94 bits per heavy atom. The molecule has 1 aromatic rings. The van der Waals surface area contributed by atoms with Crippen LogP contribution in [0.5, 0.6) is 0 Å². The van der Waals surface area contributed by atoms with Gasteiger partial charge in [0.25, 0.3) is 0 Å². The molecule has 0 saturated heterocycles. The molecule has 0 aliphatic heterocycles. The predicted molar refractivity (Wildman–Crippen MR) is 66.5 cm³/mol. The zero-order valence-corrected chi connectivity index (χ0v) is 10.1. The summed E-state index contributed by atoms with van der Waals surface area (Å²) in [5.41, 5.74) is 1.15. The van der Waals surface area contributed by atoms with Gasteiger partial charge in [-0.2, -0.15) is 0 Å². The third-order valence-electron chi connectivity index (χ3n) is 2.27. The van der Waals surface area contributed by atoms with E-state index in [0.29, 0.717) is 0 Å². The maximum absolute atomic E-state index is 5.40. The van der Waals surface area contributed by atoms with Crippen LogP contribution in [0.1, 0.15) is 25.5 Å². The molecule has 0 fully saturated rings. The van der Waals surface area contributed by atoms with Gasteiger partial charge in [-0.05, 0) is 31.5 Å². The molecule has 0 aromatic carbocycles. The molecule has 0 unspecified atom stereocenters. The average Bonchev–Trinajstić information content (AvgIpc) is 2.34. The summed E-state index contributed by atoms with van der Waals surface area (Å²) in [6.45, 7) is 5.89. The molecule has 0 amide bonds. The van der Waals surface area contributed by atoms with E-state index in [4.69, 9.17) is 4.74 Å². The minimum absolute atomic E-state index is 0.866. The maximum Gasteiger partial charge on any atom is 0.0478 e. The summed E-state index contributed by atoms with van der Waals surface area (Å²) >= 11 is 0. The van der Waals surface area contributed by atoms with Gasteiger partial charge in [-0.3, -0.25) is 4.98 Å². The first-order valence-electron chi connectivity index (χ1n) is 6.12. The van der Waals surface area contributed by atoms with E-state index in [1.807, 2.05) is 18.3 Å². The van der Waals surface area contributed by atoms with E-state index in [2.05, 4.69) is 23.3 Å². The van der Waals surface area contributed by atoms with E-state index in [9.17, 15) is 0 Å². The SMILES string of the molecule is CCCOCCCNCCc1ccccn1. The lowest BCUT2D eigenvalue weighted by atomic mass is 10.3. The summed E-state index contributed by atoms with van der Waals surface area (Å²) in [6, 6.07) is 6.04. The molecule has 0 radical (unpaired) electrons. The fourth-order valence-electron chi connectivity index (χ4n) is 1.43. The highest BCUT2D eigenvalue weighted by Crippen LogP contribution is 1.93. The molecule has 1 heterocycles. The van der Waals surface area contributed by atoms with Crippen molar-refractivity contribution in [2.45, 2.75) is 26.2 Å². The van der Waals surface area contributed by atoms with Crippen molar-refractivity contribution in [3.8, 4) is 0 Å². The van der Waals surface area contributed by atoms with E-state index in [0.717, 1.165) is 51.3 Å². The highest BCUT2D eigenvalue weighted by Gasteiger charge is 1.92. The van der Waals surface area contributed by atoms with Crippen LogP contribution in [0, 0.1) is 0 Å². The lowest BCUT2D eigenvalue weighted by Gasteiger charge is -2.05. The molecule has 0 aliphatic rings. The first-order chi connectivity index (χ1) is 7.93. The van der Waals surface area contributed by atoms with Crippen molar-refractivity contribution < 1.29 is 4.74 Å². The van der Waals surface area contributed by atoms with Crippen LogP contribution in [-0.2, 0) is 11.2 Å². The minimum Gasteiger partial charge on any atom is -0.381 e. The largest absolute Gasteiger partial charge is 0.381 e. The zero-order valence-electron chi connectivity index (χ0n) is 10.1. The molecule has 0 spiro atoms. The molecular formula is C13H22N2O. The van der Waals surface area contributed by atoms with Crippen molar-refractivity contribution in [2.75, 3.05) is 26.3 Å².